The van der Waals surface area contributed by atoms with Gasteiger partial charge < -0.3 is 5.11 Å². The van der Waals surface area contributed by atoms with Crippen molar-refractivity contribution in [1.29, 1.82) is 0 Å². The van der Waals surface area contributed by atoms with Crippen molar-refractivity contribution in [1.82, 2.24) is 0 Å². The first-order valence-electron chi connectivity index (χ1n) is 7.32. The second-order valence-electron chi connectivity index (χ2n) is 4.81. The fourth-order valence-corrected chi connectivity index (χ4v) is 1.99. The van der Waals surface area contributed by atoms with Crippen LogP contribution in [-0.4, -0.2) is 11.1 Å². The van der Waals surface area contributed by atoms with E-state index < -0.39 is 5.97 Å². The third-order valence-electron chi connectivity index (χ3n) is 3.10. The van der Waals surface area contributed by atoms with Crippen molar-refractivity contribution < 1.29 is 9.90 Å². The third-order valence-corrected chi connectivity index (χ3v) is 3.10. The molecule has 0 saturated heterocycles. The summed E-state index contributed by atoms with van der Waals surface area (Å²) >= 11 is 0. The monoisotopic (exact) mass is 302 g/mol. The average Bonchev–Trinajstić information content (AvgIpc) is 2.63. The lowest BCUT2D eigenvalue weighted by Crippen LogP contribution is -1.85. The maximum absolute atomic E-state index is 10.1. The molecule has 0 heterocycles. The molecule has 114 valence electrons. The molecule has 0 spiro atoms. The summed E-state index contributed by atoms with van der Waals surface area (Å²) in [5, 5.41) is 8.29. The van der Waals surface area contributed by atoms with Crippen LogP contribution in [-0.2, 0) is 4.79 Å². The number of carboxylic acid groups (broad SMARTS) is 1. The Morgan fingerprint density at radius 2 is 1.04 bits per heavy atom. The summed E-state index contributed by atoms with van der Waals surface area (Å²) in [6.07, 6.45) is 2.68. The number of hydrogen-bond donors (Lipinski definition) is 1. The minimum Gasteiger partial charge on any atom is -0.478 e. The molecule has 0 saturated carbocycles. The minimum atomic E-state index is -0.922. The summed E-state index contributed by atoms with van der Waals surface area (Å²) in [6.45, 7) is 0. The van der Waals surface area contributed by atoms with Crippen LogP contribution in [0.4, 0.5) is 0 Å². The quantitative estimate of drug-likeness (QED) is 0.680. The van der Waals surface area contributed by atoms with E-state index in [9.17, 15) is 4.79 Å². The highest BCUT2D eigenvalue weighted by molar-refractivity contribution is 5.85. The van der Waals surface area contributed by atoms with Crippen LogP contribution in [0.3, 0.4) is 0 Å². The van der Waals surface area contributed by atoms with E-state index in [0.717, 1.165) is 11.6 Å². The number of carbonyl (C=O) groups is 1. The fraction of sp³-hybridized carbons (Fsp3) is 0. The van der Waals surface area contributed by atoms with Gasteiger partial charge in [-0.1, -0.05) is 91.0 Å². The minimum absolute atomic E-state index is 0.898. The van der Waals surface area contributed by atoms with E-state index in [1.54, 1.807) is 6.08 Å². The molecule has 0 bridgehead atoms. The molecule has 3 rings (SSSR count). The number of hydrogen-bond acceptors (Lipinski definition) is 1. The lowest BCUT2D eigenvalue weighted by molar-refractivity contribution is -0.131. The van der Waals surface area contributed by atoms with Crippen LogP contribution in [0.5, 0.6) is 0 Å². The summed E-state index contributed by atoms with van der Waals surface area (Å²) in [4.78, 5) is 10.1. The van der Waals surface area contributed by atoms with E-state index in [2.05, 4.69) is 48.5 Å². The Balaban J connectivity index is 0.000000168. The highest BCUT2D eigenvalue weighted by Gasteiger charge is 1.91. The zero-order valence-electron chi connectivity index (χ0n) is 12.7. The second kappa shape index (κ2) is 9.00. The SMILES string of the molecule is O=C(O)/C=C/c1ccccc1.c1ccc(-c2ccccc2)cc1. The Morgan fingerprint density at radius 3 is 1.43 bits per heavy atom. The molecule has 0 aromatic heterocycles. The van der Waals surface area contributed by atoms with Crippen LogP contribution in [0, 0.1) is 0 Å². The molecule has 2 nitrogen and oxygen atoms in total. The molecule has 0 unspecified atom stereocenters. The third kappa shape index (κ3) is 6.02. The molecule has 3 aromatic rings. The molecule has 0 aliphatic carbocycles. The van der Waals surface area contributed by atoms with Gasteiger partial charge in [0.15, 0.2) is 0 Å². The lowest BCUT2D eigenvalue weighted by Gasteiger charge is -1.98. The van der Waals surface area contributed by atoms with Crippen molar-refractivity contribution in [3.8, 4) is 11.1 Å². The van der Waals surface area contributed by atoms with E-state index in [1.807, 2.05) is 42.5 Å². The standard InChI is InChI=1S/C12H10.C9H8O2/c1-3-7-11(8-4-1)12-9-5-2-6-10-12;10-9(11)7-6-8-4-2-1-3-5-8/h1-10H;1-7H,(H,10,11)/b;7-6+. The topological polar surface area (TPSA) is 37.3 Å². The maximum Gasteiger partial charge on any atom is 0.328 e. The molecule has 0 radical (unpaired) electrons. The highest BCUT2D eigenvalue weighted by Crippen LogP contribution is 2.17. The van der Waals surface area contributed by atoms with E-state index in [4.69, 9.17) is 5.11 Å². The van der Waals surface area contributed by atoms with Gasteiger partial charge in [0.2, 0.25) is 0 Å². The molecule has 0 fully saturated rings. The van der Waals surface area contributed by atoms with Gasteiger partial charge in [0.05, 0.1) is 0 Å². The Bertz CT molecular complexity index is 695. The summed E-state index contributed by atoms with van der Waals surface area (Å²) < 4.78 is 0. The van der Waals surface area contributed by atoms with E-state index in [-0.39, 0.29) is 0 Å². The molecule has 0 atom stereocenters. The van der Waals surface area contributed by atoms with Gasteiger partial charge in [-0.3, -0.25) is 0 Å². The molecular formula is C21H18O2. The van der Waals surface area contributed by atoms with Crippen LogP contribution >= 0.6 is 0 Å². The first-order chi connectivity index (χ1) is 11.3. The summed E-state index contributed by atoms with van der Waals surface area (Å²) in [5.74, 6) is -0.922. The van der Waals surface area contributed by atoms with Crippen LogP contribution in [0.25, 0.3) is 17.2 Å². The lowest BCUT2D eigenvalue weighted by atomic mass is 10.1. The van der Waals surface area contributed by atoms with Crippen molar-refractivity contribution >= 4 is 12.0 Å². The van der Waals surface area contributed by atoms with Crippen molar-refractivity contribution in [3.63, 3.8) is 0 Å². The van der Waals surface area contributed by atoms with Gasteiger partial charge in [0.1, 0.15) is 0 Å². The number of benzene rings is 3. The normalized spacial score (nSPS) is 9.91. The molecule has 3 aromatic carbocycles. The van der Waals surface area contributed by atoms with Crippen molar-refractivity contribution in [2.75, 3.05) is 0 Å². The fourth-order valence-electron chi connectivity index (χ4n) is 1.99. The van der Waals surface area contributed by atoms with Gasteiger partial charge in [-0.2, -0.15) is 0 Å². The molecule has 0 aliphatic rings. The maximum atomic E-state index is 10.1. The zero-order valence-corrected chi connectivity index (χ0v) is 12.7. The van der Waals surface area contributed by atoms with Crippen LogP contribution in [0.2, 0.25) is 0 Å². The molecule has 23 heavy (non-hydrogen) atoms. The highest BCUT2D eigenvalue weighted by atomic mass is 16.4. The predicted molar refractivity (Wildman–Crippen MR) is 95.0 cm³/mol. The van der Waals surface area contributed by atoms with Gasteiger partial charge in [0.25, 0.3) is 0 Å². The molecule has 0 amide bonds. The summed E-state index contributed by atoms with van der Waals surface area (Å²) in [6, 6.07) is 30.1. The van der Waals surface area contributed by atoms with Gasteiger partial charge >= 0.3 is 5.97 Å². The largest absolute Gasteiger partial charge is 0.478 e. The average molecular weight is 302 g/mol. The van der Waals surface area contributed by atoms with Gasteiger partial charge in [0, 0.05) is 6.08 Å². The van der Waals surface area contributed by atoms with Crippen LogP contribution in [0.1, 0.15) is 5.56 Å². The summed E-state index contributed by atoms with van der Waals surface area (Å²) in [7, 11) is 0. The van der Waals surface area contributed by atoms with Gasteiger partial charge in [-0.05, 0) is 22.8 Å². The summed E-state index contributed by atoms with van der Waals surface area (Å²) in [5.41, 5.74) is 3.45. The smallest absolute Gasteiger partial charge is 0.328 e. The predicted octanol–water partition coefficient (Wildman–Crippen LogP) is 5.14. The number of aliphatic carboxylic acids is 1. The Hall–Kier alpha value is -3.13. The molecule has 0 aliphatic heterocycles. The Morgan fingerprint density at radius 1 is 0.652 bits per heavy atom. The van der Waals surface area contributed by atoms with Crippen molar-refractivity contribution in [2.45, 2.75) is 0 Å². The van der Waals surface area contributed by atoms with Gasteiger partial charge in [-0.25, -0.2) is 4.79 Å². The number of rotatable bonds is 3. The Labute approximate surface area is 136 Å². The number of carboxylic acids is 1. The van der Waals surface area contributed by atoms with Crippen LogP contribution in [0.15, 0.2) is 97.1 Å². The first kappa shape index (κ1) is 16.2. The van der Waals surface area contributed by atoms with Crippen molar-refractivity contribution in [2.24, 2.45) is 0 Å². The Kier molecular flexibility index (Phi) is 6.36. The second-order valence-corrected chi connectivity index (χ2v) is 4.81. The van der Waals surface area contributed by atoms with Crippen molar-refractivity contribution in [3.05, 3.63) is 103 Å². The molecular weight excluding hydrogens is 284 g/mol. The molecule has 1 N–H and O–H groups in total. The first-order valence-corrected chi connectivity index (χ1v) is 7.32. The zero-order chi connectivity index (χ0) is 16.3. The van der Waals surface area contributed by atoms with Crippen LogP contribution < -0.4 is 0 Å². The van der Waals surface area contributed by atoms with E-state index in [1.165, 1.54) is 11.1 Å². The van der Waals surface area contributed by atoms with Gasteiger partial charge in [-0.15, -0.1) is 0 Å². The molecule has 2 heteroatoms. The van der Waals surface area contributed by atoms with E-state index in [0.29, 0.717) is 0 Å². The van der Waals surface area contributed by atoms with E-state index >= 15 is 0 Å².